The van der Waals surface area contributed by atoms with E-state index in [1.54, 1.807) is 61.7 Å². The molecule has 3 aromatic rings. The molecule has 7 nitrogen and oxygen atoms in total. The summed E-state index contributed by atoms with van der Waals surface area (Å²) in [5.74, 6) is -0.478. The van der Waals surface area contributed by atoms with Crippen molar-refractivity contribution < 1.29 is 9.59 Å². The first-order valence-corrected chi connectivity index (χ1v) is 9.26. The maximum Gasteiger partial charge on any atom is 0.330 e. The molecule has 2 amide bonds. The summed E-state index contributed by atoms with van der Waals surface area (Å²) in [6.07, 6.45) is 1.61. The van der Waals surface area contributed by atoms with Crippen LogP contribution in [-0.2, 0) is 4.79 Å². The number of carbonyl (C=O) groups is 2. The van der Waals surface area contributed by atoms with Crippen LogP contribution in [0.2, 0.25) is 0 Å². The van der Waals surface area contributed by atoms with Gasteiger partial charge in [0.25, 0.3) is 5.91 Å². The molecule has 0 atom stereocenters. The number of aromatic amines is 1. The number of nitrogens with one attached hydrogen (secondary N) is 3. The molecular formula is C22H24N4O3. The van der Waals surface area contributed by atoms with Gasteiger partial charge in [-0.3, -0.25) is 14.2 Å². The minimum atomic E-state index is -0.543. The Labute approximate surface area is 168 Å². The lowest BCUT2D eigenvalue weighted by atomic mass is 9.95. The monoisotopic (exact) mass is 392 g/mol. The molecule has 0 aliphatic carbocycles. The lowest BCUT2D eigenvalue weighted by Crippen LogP contribution is -2.27. The molecule has 0 aliphatic heterocycles. The summed E-state index contributed by atoms with van der Waals surface area (Å²) in [7, 11) is 0. The highest BCUT2D eigenvalue weighted by molar-refractivity contribution is 6.06. The van der Waals surface area contributed by atoms with E-state index >= 15 is 0 Å². The Morgan fingerprint density at radius 2 is 1.72 bits per heavy atom. The van der Waals surface area contributed by atoms with Gasteiger partial charge in [0.2, 0.25) is 5.91 Å². The number of hydrogen-bond donors (Lipinski definition) is 3. The Morgan fingerprint density at radius 3 is 2.38 bits per heavy atom. The van der Waals surface area contributed by atoms with Gasteiger partial charge in [-0.05, 0) is 37.3 Å². The Morgan fingerprint density at radius 1 is 1.00 bits per heavy atom. The van der Waals surface area contributed by atoms with Crippen LogP contribution in [0.1, 0.15) is 36.8 Å². The van der Waals surface area contributed by atoms with Crippen molar-refractivity contribution in [1.82, 2.24) is 9.55 Å². The number of imidazole rings is 1. The fraction of sp³-hybridized carbons (Fsp3) is 0.227. The van der Waals surface area contributed by atoms with Gasteiger partial charge in [-0.15, -0.1) is 0 Å². The van der Waals surface area contributed by atoms with Crippen LogP contribution in [0.3, 0.4) is 0 Å². The molecule has 0 saturated carbocycles. The van der Waals surface area contributed by atoms with E-state index in [0.717, 1.165) is 5.69 Å². The summed E-state index contributed by atoms with van der Waals surface area (Å²) < 4.78 is 1.50. The van der Waals surface area contributed by atoms with E-state index in [1.165, 1.54) is 4.57 Å². The molecule has 150 valence electrons. The largest absolute Gasteiger partial charge is 0.330 e. The smallest absolute Gasteiger partial charge is 0.326 e. The zero-order valence-electron chi connectivity index (χ0n) is 16.9. The highest BCUT2D eigenvalue weighted by atomic mass is 16.2. The molecule has 2 aromatic carbocycles. The normalized spacial score (nSPS) is 11.2. The molecule has 0 fully saturated rings. The zero-order chi connectivity index (χ0) is 21.2. The van der Waals surface area contributed by atoms with Crippen LogP contribution in [0.4, 0.5) is 11.4 Å². The number of H-pyrrole nitrogens is 1. The molecule has 0 bridgehead atoms. The molecule has 1 aromatic heterocycles. The predicted octanol–water partition coefficient (Wildman–Crippen LogP) is 3.71. The number of para-hydroxylation sites is 2. The van der Waals surface area contributed by atoms with Gasteiger partial charge in [0.1, 0.15) is 0 Å². The number of rotatable bonds is 4. The van der Waals surface area contributed by atoms with Gasteiger partial charge in [0, 0.05) is 28.6 Å². The zero-order valence-corrected chi connectivity index (χ0v) is 16.9. The fourth-order valence-corrected chi connectivity index (χ4v) is 2.78. The van der Waals surface area contributed by atoms with Crippen molar-refractivity contribution in [2.75, 3.05) is 10.6 Å². The molecule has 0 unspecified atom stereocenters. The van der Waals surface area contributed by atoms with Crippen molar-refractivity contribution in [2.45, 2.75) is 27.7 Å². The number of benzene rings is 2. The van der Waals surface area contributed by atoms with Crippen LogP contribution < -0.4 is 16.3 Å². The molecule has 7 heteroatoms. The number of amides is 2. The summed E-state index contributed by atoms with van der Waals surface area (Å²) in [5.41, 5.74) is 1.92. The average Bonchev–Trinajstić information content (AvgIpc) is 3.00. The van der Waals surface area contributed by atoms with E-state index in [1.807, 2.05) is 20.8 Å². The molecule has 3 N–H and O–H groups in total. The maximum atomic E-state index is 12.8. The summed E-state index contributed by atoms with van der Waals surface area (Å²) >= 11 is 0. The second-order valence-electron chi connectivity index (χ2n) is 7.83. The maximum absolute atomic E-state index is 12.8. The van der Waals surface area contributed by atoms with Gasteiger partial charge in [-0.2, -0.15) is 0 Å². The molecule has 0 saturated heterocycles. The summed E-state index contributed by atoms with van der Waals surface area (Å²) in [6, 6.07) is 13.8. The number of carbonyl (C=O) groups excluding carboxylic acids is 2. The molecule has 29 heavy (non-hydrogen) atoms. The third-order valence-corrected chi connectivity index (χ3v) is 4.42. The van der Waals surface area contributed by atoms with Gasteiger partial charge in [-0.25, -0.2) is 4.79 Å². The van der Waals surface area contributed by atoms with Crippen LogP contribution in [-0.4, -0.2) is 21.4 Å². The third kappa shape index (κ3) is 4.45. The van der Waals surface area contributed by atoms with Crippen LogP contribution in [0.15, 0.2) is 59.5 Å². The third-order valence-electron chi connectivity index (χ3n) is 4.42. The van der Waals surface area contributed by atoms with E-state index < -0.39 is 5.41 Å². The highest BCUT2D eigenvalue weighted by Gasteiger charge is 2.21. The average molecular weight is 392 g/mol. The molecular weight excluding hydrogens is 368 g/mol. The van der Waals surface area contributed by atoms with Gasteiger partial charge in [0.15, 0.2) is 0 Å². The quantitative estimate of drug-likeness (QED) is 0.631. The first-order chi connectivity index (χ1) is 13.7. The van der Waals surface area contributed by atoms with E-state index in [2.05, 4.69) is 15.6 Å². The fourth-order valence-electron chi connectivity index (χ4n) is 2.78. The van der Waals surface area contributed by atoms with E-state index in [0.29, 0.717) is 22.6 Å². The van der Waals surface area contributed by atoms with Crippen LogP contribution >= 0.6 is 0 Å². The van der Waals surface area contributed by atoms with Crippen molar-refractivity contribution in [3.05, 3.63) is 76.5 Å². The Kier molecular flexibility index (Phi) is 5.41. The van der Waals surface area contributed by atoms with Gasteiger partial charge in [0.05, 0.1) is 11.4 Å². The molecule has 3 rings (SSSR count). The molecule has 1 heterocycles. The van der Waals surface area contributed by atoms with Crippen molar-refractivity contribution in [2.24, 2.45) is 5.41 Å². The van der Waals surface area contributed by atoms with E-state index in [9.17, 15) is 14.4 Å². The van der Waals surface area contributed by atoms with E-state index in [-0.39, 0.29) is 17.5 Å². The van der Waals surface area contributed by atoms with Crippen LogP contribution in [0.25, 0.3) is 5.69 Å². The van der Waals surface area contributed by atoms with Gasteiger partial charge >= 0.3 is 5.69 Å². The topological polar surface area (TPSA) is 96.0 Å². The number of hydrogen-bond acceptors (Lipinski definition) is 3. The lowest BCUT2D eigenvalue weighted by molar-refractivity contribution is -0.123. The number of aromatic nitrogens is 2. The lowest BCUT2D eigenvalue weighted by Gasteiger charge is -2.18. The minimum absolute atomic E-state index is 0.136. The van der Waals surface area contributed by atoms with E-state index in [4.69, 9.17) is 0 Å². The molecule has 0 radical (unpaired) electrons. The first-order valence-electron chi connectivity index (χ1n) is 9.26. The predicted molar refractivity (Wildman–Crippen MR) is 114 cm³/mol. The number of nitrogens with zero attached hydrogens (tertiary/aromatic N) is 1. The van der Waals surface area contributed by atoms with Crippen molar-refractivity contribution >= 4 is 23.2 Å². The van der Waals surface area contributed by atoms with Crippen molar-refractivity contribution in [3.8, 4) is 5.69 Å². The second-order valence-corrected chi connectivity index (χ2v) is 7.83. The highest BCUT2D eigenvalue weighted by Crippen LogP contribution is 2.22. The summed E-state index contributed by atoms with van der Waals surface area (Å²) in [4.78, 5) is 39.8. The minimum Gasteiger partial charge on any atom is -0.326 e. The van der Waals surface area contributed by atoms with Gasteiger partial charge in [-0.1, -0.05) is 39.0 Å². The molecule has 0 aliphatic rings. The standard InChI is InChI=1S/C22H24N4O3/c1-14-13-23-21(29)26(14)18-11-6-5-10-17(18)25-19(27)15-8-7-9-16(12-15)24-20(28)22(2,3)4/h5-13H,1-4H3,(H,23,29)(H,24,28)(H,25,27). The molecule has 0 spiro atoms. The number of aryl methyl sites for hydroxylation is 1. The van der Waals surface area contributed by atoms with Crippen molar-refractivity contribution in [1.29, 1.82) is 0 Å². The van der Waals surface area contributed by atoms with Gasteiger partial charge < -0.3 is 15.6 Å². The summed E-state index contributed by atoms with van der Waals surface area (Å²) in [5, 5.41) is 5.68. The second kappa shape index (κ2) is 7.79. The van der Waals surface area contributed by atoms with Crippen molar-refractivity contribution in [3.63, 3.8) is 0 Å². The Bertz CT molecular complexity index is 1120. The van der Waals surface area contributed by atoms with Crippen LogP contribution in [0, 0.1) is 12.3 Å². The SMILES string of the molecule is Cc1c[nH]c(=O)n1-c1ccccc1NC(=O)c1cccc(NC(=O)C(C)(C)C)c1. The number of anilines is 2. The first kappa shape index (κ1) is 20.1. The Balaban J connectivity index is 1.86. The summed E-state index contributed by atoms with van der Waals surface area (Å²) in [6.45, 7) is 7.26. The van der Waals surface area contributed by atoms with Crippen LogP contribution in [0.5, 0.6) is 0 Å². The Hall–Kier alpha value is -3.61.